The van der Waals surface area contributed by atoms with Gasteiger partial charge in [0, 0.05) is 14.9 Å². The van der Waals surface area contributed by atoms with Gasteiger partial charge in [-0.3, -0.25) is 0 Å². The largest absolute Gasteiger partial charge is 0.496 e. The molecule has 0 saturated heterocycles. The Morgan fingerprint density at radius 2 is 1.81 bits per heavy atom. The second-order valence-corrected chi connectivity index (χ2v) is 6.73. The molecule has 2 aromatic rings. The van der Waals surface area contributed by atoms with Crippen molar-refractivity contribution in [3.8, 4) is 5.75 Å². The zero-order valence-electron chi connectivity index (χ0n) is 12.7. The Bertz CT molecular complexity index is 640. The molecule has 112 valence electrons. The number of hydrogen-bond donors (Lipinski definition) is 1. The van der Waals surface area contributed by atoms with Gasteiger partial charge in [-0.25, -0.2) is 0 Å². The first-order valence-corrected chi connectivity index (χ1v) is 8.74. The minimum Gasteiger partial charge on any atom is -0.496 e. The molecule has 0 radical (unpaired) electrons. The smallest absolute Gasteiger partial charge is 0.127 e. The third-order valence-electron chi connectivity index (χ3n) is 3.70. The highest BCUT2D eigenvalue weighted by atomic mass is 79.9. The number of aryl methyl sites for hydroxylation is 1. The number of halogens is 1. The minimum absolute atomic E-state index is 0.202. The van der Waals surface area contributed by atoms with Crippen molar-refractivity contribution >= 4 is 27.7 Å². The predicted molar refractivity (Wildman–Crippen MR) is 94.4 cm³/mol. The van der Waals surface area contributed by atoms with Gasteiger partial charge in [0.1, 0.15) is 5.75 Å². The van der Waals surface area contributed by atoms with Gasteiger partial charge >= 0.3 is 0 Å². The lowest BCUT2D eigenvalue weighted by molar-refractivity contribution is 0.404. The summed E-state index contributed by atoms with van der Waals surface area (Å²) in [7, 11) is 1.70. The second kappa shape index (κ2) is 6.86. The predicted octanol–water partition coefficient (Wildman–Crippen LogP) is 4.84. The summed E-state index contributed by atoms with van der Waals surface area (Å²) in [6.07, 6.45) is 2.07. The van der Waals surface area contributed by atoms with E-state index >= 15 is 0 Å². The van der Waals surface area contributed by atoms with E-state index in [1.54, 1.807) is 18.9 Å². The van der Waals surface area contributed by atoms with E-state index in [2.05, 4.69) is 59.4 Å². The normalized spacial score (nSPS) is 12.3. The highest BCUT2D eigenvalue weighted by Gasteiger charge is 2.20. The van der Waals surface area contributed by atoms with Crippen molar-refractivity contribution in [2.75, 3.05) is 13.4 Å². The first-order chi connectivity index (χ1) is 9.99. The van der Waals surface area contributed by atoms with Crippen LogP contribution in [-0.2, 0) is 0 Å². The molecule has 0 aliphatic rings. The van der Waals surface area contributed by atoms with Crippen LogP contribution < -0.4 is 10.5 Å². The van der Waals surface area contributed by atoms with Crippen LogP contribution in [0.15, 0.2) is 39.7 Å². The second-order valence-electron chi connectivity index (χ2n) is 5.00. The molecule has 2 rings (SSSR count). The fourth-order valence-corrected chi connectivity index (χ4v) is 3.46. The van der Waals surface area contributed by atoms with Crippen molar-refractivity contribution in [1.29, 1.82) is 0 Å². The van der Waals surface area contributed by atoms with Crippen LogP contribution in [0.5, 0.6) is 5.75 Å². The molecule has 1 unspecified atom stereocenters. The molecular weight excluding hydrogens is 346 g/mol. The Balaban J connectivity index is 2.53. The molecule has 0 fully saturated rings. The first-order valence-electron chi connectivity index (χ1n) is 6.72. The molecule has 1 atom stereocenters. The Morgan fingerprint density at radius 1 is 1.19 bits per heavy atom. The Kier molecular flexibility index (Phi) is 5.36. The quantitative estimate of drug-likeness (QED) is 0.786. The van der Waals surface area contributed by atoms with Gasteiger partial charge in [0.2, 0.25) is 0 Å². The Morgan fingerprint density at radius 3 is 2.33 bits per heavy atom. The summed E-state index contributed by atoms with van der Waals surface area (Å²) in [5, 5.41) is 0. The summed E-state index contributed by atoms with van der Waals surface area (Å²) >= 11 is 5.34. The molecule has 0 heterocycles. The van der Waals surface area contributed by atoms with E-state index < -0.39 is 0 Å². The van der Waals surface area contributed by atoms with Crippen molar-refractivity contribution < 1.29 is 4.74 Å². The molecular formula is C17H20BrNOS. The fraction of sp³-hybridized carbons (Fsp3) is 0.294. The molecule has 0 saturated carbocycles. The third kappa shape index (κ3) is 3.28. The average Bonchev–Trinajstić information content (AvgIpc) is 2.50. The number of thioether (sulfide) groups is 1. The summed E-state index contributed by atoms with van der Waals surface area (Å²) in [5.74, 6) is 0.872. The van der Waals surface area contributed by atoms with Gasteiger partial charge in [0.25, 0.3) is 0 Å². The molecule has 0 aliphatic carbocycles. The Hall–Kier alpha value is -0.970. The molecule has 0 aromatic heterocycles. The van der Waals surface area contributed by atoms with E-state index in [0.29, 0.717) is 0 Å². The maximum atomic E-state index is 6.52. The Labute approximate surface area is 139 Å². The maximum absolute atomic E-state index is 6.52. The van der Waals surface area contributed by atoms with Crippen LogP contribution in [0.2, 0.25) is 0 Å². The number of methoxy groups -OCH3 is 1. The van der Waals surface area contributed by atoms with E-state index in [-0.39, 0.29) is 6.04 Å². The SMILES string of the molecule is COc1c(C)cc(Br)c(C)c1C(N)c1ccc(SC)cc1. The summed E-state index contributed by atoms with van der Waals surface area (Å²) in [5.41, 5.74) is 10.9. The minimum atomic E-state index is -0.202. The highest BCUT2D eigenvalue weighted by Crippen LogP contribution is 2.38. The van der Waals surface area contributed by atoms with Crippen LogP contribution in [0.3, 0.4) is 0 Å². The van der Waals surface area contributed by atoms with Gasteiger partial charge in [0.15, 0.2) is 0 Å². The van der Waals surface area contributed by atoms with Crippen LogP contribution in [0.25, 0.3) is 0 Å². The topological polar surface area (TPSA) is 35.2 Å². The van der Waals surface area contributed by atoms with E-state index in [0.717, 1.165) is 32.5 Å². The molecule has 2 N–H and O–H groups in total. The van der Waals surface area contributed by atoms with Crippen LogP contribution in [-0.4, -0.2) is 13.4 Å². The van der Waals surface area contributed by atoms with Gasteiger partial charge in [-0.05, 0) is 55.0 Å². The standard InChI is InChI=1S/C17H20BrNOS/c1-10-9-14(18)11(2)15(17(10)20-3)16(19)12-5-7-13(21-4)8-6-12/h5-9,16H,19H2,1-4H3. The van der Waals surface area contributed by atoms with Gasteiger partial charge in [-0.15, -0.1) is 11.8 Å². The molecule has 0 spiro atoms. The molecule has 2 nitrogen and oxygen atoms in total. The van der Waals surface area contributed by atoms with Crippen molar-refractivity contribution in [1.82, 2.24) is 0 Å². The molecule has 2 aromatic carbocycles. The lowest BCUT2D eigenvalue weighted by Gasteiger charge is -2.21. The highest BCUT2D eigenvalue weighted by molar-refractivity contribution is 9.10. The molecule has 0 aliphatic heterocycles. The van der Waals surface area contributed by atoms with Crippen molar-refractivity contribution in [2.45, 2.75) is 24.8 Å². The van der Waals surface area contributed by atoms with E-state index in [1.165, 1.54) is 4.90 Å². The van der Waals surface area contributed by atoms with Gasteiger partial charge in [-0.2, -0.15) is 0 Å². The molecule has 21 heavy (non-hydrogen) atoms. The van der Waals surface area contributed by atoms with Crippen LogP contribution in [0.1, 0.15) is 28.3 Å². The number of benzene rings is 2. The van der Waals surface area contributed by atoms with E-state index in [1.807, 2.05) is 6.92 Å². The zero-order chi connectivity index (χ0) is 15.6. The summed E-state index contributed by atoms with van der Waals surface area (Å²) < 4.78 is 6.66. The van der Waals surface area contributed by atoms with Gasteiger partial charge < -0.3 is 10.5 Å². The number of ether oxygens (including phenoxy) is 1. The number of hydrogen-bond acceptors (Lipinski definition) is 3. The monoisotopic (exact) mass is 365 g/mol. The van der Waals surface area contributed by atoms with Gasteiger partial charge in [-0.1, -0.05) is 28.1 Å². The molecule has 0 amide bonds. The molecule has 0 bridgehead atoms. The van der Waals surface area contributed by atoms with Crippen LogP contribution in [0, 0.1) is 13.8 Å². The lowest BCUT2D eigenvalue weighted by atomic mass is 9.93. The van der Waals surface area contributed by atoms with Crippen LogP contribution >= 0.6 is 27.7 Å². The first kappa shape index (κ1) is 16.4. The third-order valence-corrected chi connectivity index (χ3v) is 5.27. The fourth-order valence-electron chi connectivity index (χ4n) is 2.50. The van der Waals surface area contributed by atoms with E-state index in [9.17, 15) is 0 Å². The summed E-state index contributed by atoms with van der Waals surface area (Å²) in [6.45, 7) is 4.10. The summed E-state index contributed by atoms with van der Waals surface area (Å²) in [6, 6.07) is 10.3. The van der Waals surface area contributed by atoms with Crippen molar-refractivity contribution in [3.63, 3.8) is 0 Å². The average molecular weight is 366 g/mol. The lowest BCUT2D eigenvalue weighted by Crippen LogP contribution is -2.15. The number of nitrogens with two attached hydrogens (primary N) is 1. The van der Waals surface area contributed by atoms with Crippen molar-refractivity contribution in [2.24, 2.45) is 5.73 Å². The van der Waals surface area contributed by atoms with Crippen LogP contribution in [0.4, 0.5) is 0 Å². The number of rotatable bonds is 4. The maximum Gasteiger partial charge on any atom is 0.127 e. The van der Waals surface area contributed by atoms with E-state index in [4.69, 9.17) is 10.5 Å². The molecule has 4 heteroatoms. The zero-order valence-corrected chi connectivity index (χ0v) is 15.1. The van der Waals surface area contributed by atoms with Crippen molar-refractivity contribution in [3.05, 3.63) is 57.1 Å². The van der Waals surface area contributed by atoms with Gasteiger partial charge in [0.05, 0.1) is 13.2 Å². The summed E-state index contributed by atoms with van der Waals surface area (Å²) in [4.78, 5) is 1.24.